The molecule has 2 rings (SSSR count). The van der Waals surface area contributed by atoms with E-state index < -0.39 is 0 Å². The quantitative estimate of drug-likeness (QED) is 0.882. The van der Waals surface area contributed by atoms with E-state index in [0.29, 0.717) is 13.0 Å². The molecule has 0 aliphatic rings. The summed E-state index contributed by atoms with van der Waals surface area (Å²) in [6, 6.07) is 0. The van der Waals surface area contributed by atoms with E-state index in [-0.39, 0.29) is 5.91 Å². The van der Waals surface area contributed by atoms with Gasteiger partial charge >= 0.3 is 0 Å². The average Bonchev–Trinajstić information content (AvgIpc) is 2.85. The molecular formula is C11H14N4OS. The van der Waals surface area contributed by atoms with E-state index in [1.165, 1.54) is 11.3 Å². The van der Waals surface area contributed by atoms with Crippen molar-refractivity contribution in [1.82, 2.24) is 20.1 Å². The molecule has 0 saturated heterocycles. The van der Waals surface area contributed by atoms with E-state index in [1.807, 2.05) is 25.5 Å². The molecule has 0 fully saturated rings. The molecule has 1 amide bonds. The van der Waals surface area contributed by atoms with Gasteiger partial charge in [0.1, 0.15) is 5.01 Å². The summed E-state index contributed by atoms with van der Waals surface area (Å²) in [6.45, 7) is 2.44. The van der Waals surface area contributed by atoms with Gasteiger partial charge in [0.15, 0.2) is 0 Å². The van der Waals surface area contributed by atoms with Crippen molar-refractivity contribution in [2.45, 2.75) is 19.9 Å². The van der Waals surface area contributed by atoms with Gasteiger partial charge in [0, 0.05) is 36.4 Å². The van der Waals surface area contributed by atoms with Crippen molar-refractivity contribution >= 4 is 17.2 Å². The maximum absolute atomic E-state index is 11.6. The normalized spacial score (nSPS) is 10.5. The number of amides is 1. The second kappa shape index (κ2) is 5.09. The van der Waals surface area contributed by atoms with Crippen LogP contribution in [0.15, 0.2) is 17.8 Å². The topological polar surface area (TPSA) is 59.8 Å². The Bertz CT molecular complexity index is 517. The number of hydrogen-bond acceptors (Lipinski definition) is 4. The lowest BCUT2D eigenvalue weighted by Crippen LogP contribution is -2.24. The Morgan fingerprint density at radius 3 is 3.00 bits per heavy atom. The third kappa shape index (κ3) is 3.39. The second-order valence-corrected chi connectivity index (χ2v) is 4.80. The van der Waals surface area contributed by atoms with Gasteiger partial charge in [-0.15, -0.1) is 11.3 Å². The number of nitrogens with one attached hydrogen (secondary N) is 1. The zero-order chi connectivity index (χ0) is 12.3. The number of aromatic nitrogens is 3. The molecule has 0 bridgehead atoms. The molecule has 0 radical (unpaired) electrons. The SMILES string of the molecule is Cc1csc(CC(=O)NCc2cnn(C)c2)n1. The van der Waals surface area contributed by atoms with Gasteiger partial charge in [0.05, 0.1) is 12.6 Å². The summed E-state index contributed by atoms with van der Waals surface area (Å²) < 4.78 is 1.71. The molecule has 0 unspecified atom stereocenters. The van der Waals surface area contributed by atoms with E-state index in [2.05, 4.69) is 15.4 Å². The molecule has 0 aliphatic carbocycles. The molecule has 0 aliphatic heterocycles. The monoisotopic (exact) mass is 250 g/mol. The van der Waals surface area contributed by atoms with Crippen LogP contribution in [0.2, 0.25) is 0 Å². The largest absolute Gasteiger partial charge is 0.352 e. The first-order valence-corrected chi connectivity index (χ1v) is 6.16. The number of thiazole rings is 1. The lowest BCUT2D eigenvalue weighted by molar-refractivity contribution is -0.120. The molecule has 2 heterocycles. The van der Waals surface area contributed by atoms with Crippen LogP contribution in [0.3, 0.4) is 0 Å². The second-order valence-electron chi connectivity index (χ2n) is 3.86. The summed E-state index contributed by atoms with van der Waals surface area (Å²) >= 11 is 1.52. The number of hydrogen-bond donors (Lipinski definition) is 1. The third-order valence-corrected chi connectivity index (χ3v) is 3.19. The molecule has 17 heavy (non-hydrogen) atoms. The number of nitrogens with zero attached hydrogens (tertiary/aromatic N) is 3. The van der Waals surface area contributed by atoms with Crippen molar-refractivity contribution in [2.24, 2.45) is 7.05 Å². The Morgan fingerprint density at radius 1 is 1.59 bits per heavy atom. The smallest absolute Gasteiger partial charge is 0.227 e. The van der Waals surface area contributed by atoms with E-state index >= 15 is 0 Å². The van der Waals surface area contributed by atoms with Crippen LogP contribution < -0.4 is 5.32 Å². The number of carbonyl (C=O) groups excluding carboxylic acids is 1. The molecular weight excluding hydrogens is 236 g/mol. The number of aryl methyl sites for hydroxylation is 2. The van der Waals surface area contributed by atoms with E-state index in [4.69, 9.17) is 0 Å². The highest BCUT2D eigenvalue weighted by Gasteiger charge is 2.06. The standard InChI is InChI=1S/C11H14N4OS/c1-8-7-17-11(14-8)3-10(16)12-4-9-5-13-15(2)6-9/h5-7H,3-4H2,1-2H3,(H,12,16). The van der Waals surface area contributed by atoms with E-state index in [1.54, 1.807) is 10.9 Å². The van der Waals surface area contributed by atoms with Gasteiger partial charge in [-0.3, -0.25) is 9.48 Å². The first kappa shape index (κ1) is 11.8. The minimum absolute atomic E-state index is 0.0109. The molecule has 6 heteroatoms. The lowest BCUT2D eigenvalue weighted by atomic mass is 10.3. The highest BCUT2D eigenvalue weighted by Crippen LogP contribution is 2.09. The fourth-order valence-corrected chi connectivity index (χ4v) is 2.22. The van der Waals surface area contributed by atoms with Gasteiger partial charge in [0.2, 0.25) is 5.91 Å². The molecule has 90 valence electrons. The van der Waals surface area contributed by atoms with Crippen molar-refractivity contribution in [3.05, 3.63) is 34.0 Å². The molecule has 2 aromatic rings. The first-order chi connectivity index (χ1) is 8.13. The summed E-state index contributed by atoms with van der Waals surface area (Å²) in [6.07, 6.45) is 3.97. The zero-order valence-corrected chi connectivity index (χ0v) is 10.6. The predicted octanol–water partition coefficient (Wildman–Crippen LogP) is 1.04. The Hall–Kier alpha value is -1.69. The summed E-state index contributed by atoms with van der Waals surface area (Å²) in [4.78, 5) is 15.9. The predicted molar refractivity (Wildman–Crippen MR) is 65.6 cm³/mol. The summed E-state index contributed by atoms with van der Waals surface area (Å²) in [5.41, 5.74) is 1.96. The van der Waals surface area contributed by atoms with Crippen molar-refractivity contribution in [2.75, 3.05) is 0 Å². The van der Waals surface area contributed by atoms with E-state index in [0.717, 1.165) is 16.3 Å². The van der Waals surface area contributed by atoms with Crippen molar-refractivity contribution in [1.29, 1.82) is 0 Å². The Kier molecular flexibility index (Phi) is 3.53. The molecule has 0 saturated carbocycles. The minimum Gasteiger partial charge on any atom is -0.352 e. The Morgan fingerprint density at radius 2 is 2.41 bits per heavy atom. The van der Waals surface area contributed by atoms with Gasteiger partial charge in [0.25, 0.3) is 0 Å². The van der Waals surface area contributed by atoms with Crippen LogP contribution in [0.4, 0.5) is 0 Å². The highest BCUT2D eigenvalue weighted by molar-refractivity contribution is 7.09. The van der Waals surface area contributed by atoms with Crippen LogP contribution in [-0.4, -0.2) is 20.7 Å². The van der Waals surface area contributed by atoms with Crippen molar-refractivity contribution in [3.8, 4) is 0 Å². The van der Waals surface area contributed by atoms with Crippen LogP contribution in [0.5, 0.6) is 0 Å². The maximum Gasteiger partial charge on any atom is 0.227 e. The molecule has 0 aromatic carbocycles. The maximum atomic E-state index is 11.6. The lowest BCUT2D eigenvalue weighted by Gasteiger charge is -2.01. The first-order valence-electron chi connectivity index (χ1n) is 5.29. The van der Waals surface area contributed by atoms with Gasteiger partial charge in [-0.25, -0.2) is 4.98 Å². The number of carbonyl (C=O) groups is 1. The van der Waals surface area contributed by atoms with Crippen LogP contribution >= 0.6 is 11.3 Å². The Balaban J connectivity index is 1.82. The van der Waals surface area contributed by atoms with Crippen LogP contribution in [0, 0.1) is 6.92 Å². The van der Waals surface area contributed by atoms with E-state index in [9.17, 15) is 4.79 Å². The minimum atomic E-state index is -0.0109. The fourth-order valence-electron chi connectivity index (χ4n) is 1.45. The number of rotatable bonds is 4. The summed E-state index contributed by atoms with van der Waals surface area (Å²) in [7, 11) is 1.85. The third-order valence-electron chi connectivity index (χ3n) is 2.23. The van der Waals surface area contributed by atoms with Crippen LogP contribution in [0.1, 0.15) is 16.3 Å². The zero-order valence-electron chi connectivity index (χ0n) is 9.80. The average molecular weight is 250 g/mol. The van der Waals surface area contributed by atoms with Crippen molar-refractivity contribution in [3.63, 3.8) is 0 Å². The fraction of sp³-hybridized carbons (Fsp3) is 0.364. The molecule has 5 nitrogen and oxygen atoms in total. The molecule has 2 aromatic heterocycles. The molecule has 0 spiro atoms. The summed E-state index contributed by atoms with van der Waals surface area (Å²) in [5, 5.41) is 9.68. The molecule has 1 N–H and O–H groups in total. The highest BCUT2D eigenvalue weighted by atomic mass is 32.1. The van der Waals surface area contributed by atoms with Gasteiger partial charge in [-0.2, -0.15) is 5.10 Å². The van der Waals surface area contributed by atoms with Crippen LogP contribution in [-0.2, 0) is 24.8 Å². The summed E-state index contributed by atoms with van der Waals surface area (Å²) in [5.74, 6) is -0.0109. The van der Waals surface area contributed by atoms with Gasteiger partial charge in [-0.1, -0.05) is 0 Å². The molecule has 0 atom stereocenters. The van der Waals surface area contributed by atoms with Gasteiger partial charge < -0.3 is 5.32 Å². The van der Waals surface area contributed by atoms with Crippen molar-refractivity contribution < 1.29 is 4.79 Å². The van der Waals surface area contributed by atoms with Crippen LogP contribution in [0.25, 0.3) is 0 Å². The van der Waals surface area contributed by atoms with Gasteiger partial charge in [-0.05, 0) is 6.92 Å². The Labute approximate surface area is 103 Å².